The van der Waals surface area contributed by atoms with Crippen molar-refractivity contribution in [2.45, 2.75) is 18.2 Å². The van der Waals surface area contributed by atoms with Crippen molar-refractivity contribution in [3.05, 3.63) is 83.7 Å². The van der Waals surface area contributed by atoms with Gasteiger partial charge in [0.2, 0.25) is 10.0 Å². The standard InChI is InChI=1S/C23H17F3N4O4S/c1-13-2-8-17(35(27,32)33)11-19(13)21(31)14-3-9-18-20(10-14)28-12-29-22(18)30-15-4-6-16(7-5-15)34-23(24,25)26/h2-12H,1H3,(H2,27,32,33)(H,28,29,30). The maximum atomic E-state index is 13.1. The molecule has 0 radical (unpaired) electrons. The zero-order valence-corrected chi connectivity index (χ0v) is 18.8. The second-order valence-corrected chi connectivity index (χ2v) is 9.06. The molecule has 0 fully saturated rings. The molecule has 35 heavy (non-hydrogen) atoms. The third-order valence-corrected chi connectivity index (χ3v) is 5.94. The van der Waals surface area contributed by atoms with E-state index >= 15 is 0 Å². The summed E-state index contributed by atoms with van der Waals surface area (Å²) in [5, 5.41) is 8.73. The van der Waals surface area contributed by atoms with Crippen LogP contribution in [-0.2, 0) is 10.0 Å². The summed E-state index contributed by atoms with van der Waals surface area (Å²) in [6.45, 7) is 1.68. The fourth-order valence-corrected chi connectivity index (χ4v) is 3.89. The van der Waals surface area contributed by atoms with Gasteiger partial charge in [0.15, 0.2) is 5.78 Å². The molecule has 0 aliphatic rings. The lowest BCUT2D eigenvalue weighted by molar-refractivity contribution is -0.274. The van der Waals surface area contributed by atoms with Gasteiger partial charge >= 0.3 is 6.36 Å². The van der Waals surface area contributed by atoms with Gasteiger partial charge in [-0.3, -0.25) is 4.79 Å². The van der Waals surface area contributed by atoms with E-state index in [1.54, 1.807) is 19.1 Å². The number of primary sulfonamides is 1. The Hall–Kier alpha value is -4.03. The maximum absolute atomic E-state index is 13.1. The lowest BCUT2D eigenvalue weighted by atomic mass is 9.98. The van der Waals surface area contributed by atoms with Crippen molar-refractivity contribution in [3.8, 4) is 5.75 Å². The third kappa shape index (κ3) is 5.55. The number of ether oxygens (including phenoxy) is 1. The number of nitrogens with zero attached hydrogens (tertiary/aromatic N) is 2. The van der Waals surface area contributed by atoms with Crippen LogP contribution in [0.4, 0.5) is 24.7 Å². The summed E-state index contributed by atoms with van der Waals surface area (Å²) in [5.74, 6) is -0.408. The molecule has 8 nitrogen and oxygen atoms in total. The summed E-state index contributed by atoms with van der Waals surface area (Å²) >= 11 is 0. The first kappa shape index (κ1) is 24.1. The van der Waals surface area contributed by atoms with Crippen LogP contribution in [0.15, 0.2) is 71.9 Å². The van der Waals surface area contributed by atoms with Crippen LogP contribution >= 0.6 is 0 Å². The topological polar surface area (TPSA) is 124 Å². The highest BCUT2D eigenvalue weighted by molar-refractivity contribution is 7.89. The minimum Gasteiger partial charge on any atom is -0.406 e. The average Bonchev–Trinajstić information content (AvgIpc) is 2.78. The monoisotopic (exact) mass is 502 g/mol. The number of carbonyl (C=O) groups excluding carboxylic acids is 1. The number of nitrogens with one attached hydrogen (secondary N) is 1. The van der Waals surface area contributed by atoms with E-state index in [1.807, 2.05) is 0 Å². The van der Waals surface area contributed by atoms with E-state index in [2.05, 4.69) is 20.0 Å². The van der Waals surface area contributed by atoms with Gasteiger partial charge < -0.3 is 10.1 Å². The van der Waals surface area contributed by atoms with E-state index in [4.69, 9.17) is 5.14 Å². The second kappa shape index (κ2) is 8.96. The molecule has 0 unspecified atom stereocenters. The molecule has 0 saturated carbocycles. The summed E-state index contributed by atoms with van der Waals surface area (Å²) in [7, 11) is -3.98. The van der Waals surface area contributed by atoms with Gasteiger partial charge in [0.1, 0.15) is 17.9 Å². The van der Waals surface area contributed by atoms with Gasteiger partial charge in [0, 0.05) is 22.2 Å². The number of hydrogen-bond acceptors (Lipinski definition) is 7. The number of hydrogen-bond donors (Lipinski definition) is 2. The number of benzene rings is 3. The number of carbonyl (C=O) groups is 1. The van der Waals surface area contributed by atoms with Crippen LogP contribution in [0.3, 0.4) is 0 Å². The van der Waals surface area contributed by atoms with Crippen molar-refractivity contribution < 1.29 is 31.1 Å². The summed E-state index contributed by atoms with van der Waals surface area (Å²) in [6, 6.07) is 13.9. The SMILES string of the molecule is Cc1ccc(S(N)(=O)=O)cc1C(=O)c1ccc2c(Nc3ccc(OC(F)(F)F)cc3)ncnc2c1. The predicted molar refractivity (Wildman–Crippen MR) is 122 cm³/mol. The smallest absolute Gasteiger partial charge is 0.406 e. The Morgan fingerprint density at radius 3 is 2.37 bits per heavy atom. The highest BCUT2D eigenvalue weighted by Gasteiger charge is 2.31. The van der Waals surface area contributed by atoms with Crippen LogP contribution < -0.4 is 15.2 Å². The van der Waals surface area contributed by atoms with Crippen molar-refractivity contribution in [1.82, 2.24) is 9.97 Å². The number of anilines is 2. The van der Waals surface area contributed by atoms with Gasteiger partial charge in [0.05, 0.1) is 10.4 Å². The summed E-state index contributed by atoms with van der Waals surface area (Å²) in [4.78, 5) is 21.3. The van der Waals surface area contributed by atoms with Gasteiger partial charge in [-0.2, -0.15) is 0 Å². The van der Waals surface area contributed by atoms with Crippen LogP contribution in [0.1, 0.15) is 21.5 Å². The number of fused-ring (bicyclic) bond motifs is 1. The number of ketones is 1. The predicted octanol–water partition coefficient (Wildman–Crippen LogP) is 4.46. The molecule has 4 aromatic rings. The van der Waals surface area contributed by atoms with Crippen LogP contribution in [0.25, 0.3) is 10.9 Å². The van der Waals surface area contributed by atoms with E-state index in [0.29, 0.717) is 28.0 Å². The van der Waals surface area contributed by atoms with E-state index in [1.165, 1.54) is 42.7 Å². The van der Waals surface area contributed by atoms with Crippen LogP contribution in [0, 0.1) is 6.92 Å². The molecular formula is C23H17F3N4O4S. The second-order valence-electron chi connectivity index (χ2n) is 7.50. The van der Waals surface area contributed by atoms with Crippen molar-refractivity contribution in [1.29, 1.82) is 0 Å². The molecule has 0 aliphatic heterocycles. The molecule has 3 aromatic carbocycles. The number of sulfonamides is 1. The molecule has 4 rings (SSSR count). The zero-order chi connectivity index (χ0) is 25.4. The number of rotatable bonds is 6. The molecule has 0 amide bonds. The minimum atomic E-state index is -4.79. The Bertz CT molecular complexity index is 1540. The Balaban J connectivity index is 1.63. The zero-order valence-electron chi connectivity index (χ0n) is 18.0. The fraction of sp³-hybridized carbons (Fsp3) is 0.0870. The highest BCUT2D eigenvalue weighted by atomic mass is 32.2. The Labute approximate surface area is 197 Å². The Kier molecular flexibility index (Phi) is 6.17. The van der Waals surface area contributed by atoms with Crippen LogP contribution in [0.5, 0.6) is 5.75 Å². The van der Waals surface area contributed by atoms with Crippen molar-refractivity contribution in [3.63, 3.8) is 0 Å². The molecule has 1 heterocycles. The van der Waals surface area contributed by atoms with Gasteiger partial charge in [-0.25, -0.2) is 23.5 Å². The highest BCUT2D eigenvalue weighted by Crippen LogP contribution is 2.28. The summed E-state index contributed by atoms with van der Waals surface area (Å²) < 4.78 is 64.3. The first-order valence-electron chi connectivity index (χ1n) is 9.96. The molecule has 0 spiro atoms. The van der Waals surface area contributed by atoms with Crippen molar-refractivity contribution >= 4 is 38.2 Å². The third-order valence-electron chi connectivity index (χ3n) is 5.03. The van der Waals surface area contributed by atoms with E-state index in [9.17, 15) is 26.4 Å². The summed E-state index contributed by atoms with van der Waals surface area (Å²) in [6.07, 6.45) is -3.52. The first-order chi connectivity index (χ1) is 16.4. The number of aryl methyl sites for hydroxylation is 1. The molecule has 0 aliphatic carbocycles. The minimum absolute atomic E-state index is 0.173. The number of aromatic nitrogens is 2. The molecule has 0 saturated heterocycles. The lowest BCUT2D eigenvalue weighted by Gasteiger charge is -2.12. The number of alkyl halides is 3. The number of nitrogens with two attached hydrogens (primary N) is 1. The van der Waals surface area contributed by atoms with Crippen LogP contribution in [-0.4, -0.2) is 30.5 Å². The fourth-order valence-electron chi connectivity index (χ4n) is 3.35. The average molecular weight is 502 g/mol. The quantitative estimate of drug-likeness (QED) is 0.373. The van der Waals surface area contributed by atoms with Crippen molar-refractivity contribution in [2.75, 3.05) is 5.32 Å². The molecule has 12 heteroatoms. The van der Waals surface area contributed by atoms with E-state index in [0.717, 1.165) is 12.1 Å². The Morgan fingerprint density at radius 2 is 1.71 bits per heavy atom. The largest absolute Gasteiger partial charge is 0.573 e. The van der Waals surface area contributed by atoms with Gasteiger partial charge in [0.25, 0.3) is 0 Å². The Morgan fingerprint density at radius 1 is 1.00 bits per heavy atom. The van der Waals surface area contributed by atoms with E-state index in [-0.39, 0.29) is 21.8 Å². The molecule has 3 N–H and O–H groups in total. The maximum Gasteiger partial charge on any atom is 0.573 e. The molecule has 1 aromatic heterocycles. The lowest BCUT2D eigenvalue weighted by Crippen LogP contribution is -2.16. The normalized spacial score (nSPS) is 11.9. The van der Waals surface area contributed by atoms with Crippen molar-refractivity contribution in [2.24, 2.45) is 5.14 Å². The van der Waals surface area contributed by atoms with Gasteiger partial charge in [-0.15, -0.1) is 13.2 Å². The first-order valence-corrected chi connectivity index (χ1v) is 11.5. The molecule has 180 valence electrons. The number of halogens is 3. The van der Waals surface area contributed by atoms with Crippen LogP contribution in [0.2, 0.25) is 0 Å². The van der Waals surface area contributed by atoms with Gasteiger partial charge in [-0.1, -0.05) is 12.1 Å². The molecular weight excluding hydrogens is 485 g/mol. The summed E-state index contributed by atoms with van der Waals surface area (Å²) in [5.41, 5.74) is 1.90. The molecule has 0 atom stereocenters. The van der Waals surface area contributed by atoms with Gasteiger partial charge in [-0.05, 0) is 61.0 Å². The molecule has 0 bridgehead atoms. The van der Waals surface area contributed by atoms with E-state index < -0.39 is 22.2 Å².